The Hall–Kier alpha value is -2.28. The zero-order valence-corrected chi connectivity index (χ0v) is 13.4. The number of aromatic nitrogens is 2. The Morgan fingerprint density at radius 1 is 1.17 bits per heavy atom. The standard InChI is InChI=1S/C15H17ClFN5O/c1-23-12-8-10(17)2-3-11(12)21-4-6-22(7-5-21)15-13(16)14(18)19-9-20-15/h2-3,8-9H,4-7H2,1H3,(H2,18,19,20). The van der Waals surface area contributed by atoms with Crippen molar-refractivity contribution in [3.8, 4) is 5.75 Å². The minimum Gasteiger partial charge on any atom is -0.494 e. The van der Waals surface area contributed by atoms with Crippen LogP contribution in [0.5, 0.6) is 5.75 Å². The van der Waals surface area contributed by atoms with Crippen LogP contribution in [0.4, 0.5) is 21.7 Å². The average molecular weight is 338 g/mol. The van der Waals surface area contributed by atoms with Crippen LogP contribution in [0, 0.1) is 5.82 Å². The molecule has 0 aliphatic carbocycles. The Morgan fingerprint density at radius 2 is 1.87 bits per heavy atom. The van der Waals surface area contributed by atoms with Crippen LogP contribution in [0.25, 0.3) is 0 Å². The molecule has 23 heavy (non-hydrogen) atoms. The van der Waals surface area contributed by atoms with E-state index in [-0.39, 0.29) is 11.6 Å². The molecule has 0 unspecified atom stereocenters. The van der Waals surface area contributed by atoms with Crippen molar-refractivity contribution in [2.24, 2.45) is 0 Å². The van der Waals surface area contributed by atoms with Gasteiger partial charge in [-0.15, -0.1) is 0 Å². The first-order chi connectivity index (χ1) is 11.1. The summed E-state index contributed by atoms with van der Waals surface area (Å²) in [6.07, 6.45) is 1.41. The van der Waals surface area contributed by atoms with E-state index in [9.17, 15) is 4.39 Å². The van der Waals surface area contributed by atoms with Gasteiger partial charge in [0.15, 0.2) is 5.82 Å². The molecule has 122 valence electrons. The first kappa shape index (κ1) is 15.6. The number of nitrogens with zero attached hydrogens (tertiary/aromatic N) is 4. The van der Waals surface area contributed by atoms with Gasteiger partial charge in [-0.2, -0.15) is 0 Å². The Balaban J connectivity index is 1.75. The van der Waals surface area contributed by atoms with E-state index >= 15 is 0 Å². The van der Waals surface area contributed by atoms with Gasteiger partial charge in [0.1, 0.15) is 28.7 Å². The number of rotatable bonds is 3. The third kappa shape index (κ3) is 3.10. The molecule has 0 atom stereocenters. The SMILES string of the molecule is COc1cc(F)ccc1N1CCN(c2ncnc(N)c2Cl)CC1. The molecule has 1 aromatic carbocycles. The maximum atomic E-state index is 13.3. The largest absolute Gasteiger partial charge is 0.494 e. The van der Waals surface area contributed by atoms with Gasteiger partial charge in [-0.05, 0) is 12.1 Å². The maximum Gasteiger partial charge on any atom is 0.153 e. The molecule has 8 heteroatoms. The Bertz CT molecular complexity index is 706. The third-order valence-electron chi connectivity index (χ3n) is 3.86. The number of anilines is 3. The van der Waals surface area contributed by atoms with Gasteiger partial charge in [-0.1, -0.05) is 11.6 Å². The van der Waals surface area contributed by atoms with Crippen LogP contribution in [0.15, 0.2) is 24.5 Å². The topological polar surface area (TPSA) is 67.5 Å². The lowest BCUT2D eigenvalue weighted by molar-refractivity contribution is 0.410. The van der Waals surface area contributed by atoms with Crippen LogP contribution in [0.1, 0.15) is 0 Å². The normalized spacial score (nSPS) is 14.9. The zero-order valence-electron chi connectivity index (χ0n) is 12.7. The average Bonchev–Trinajstić information content (AvgIpc) is 2.57. The van der Waals surface area contributed by atoms with E-state index in [0.717, 1.165) is 31.9 Å². The number of nitrogens with two attached hydrogens (primary N) is 1. The fourth-order valence-electron chi connectivity index (χ4n) is 2.67. The molecule has 1 saturated heterocycles. The molecular weight excluding hydrogens is 321 g/mol. The summed E-state index contributed by atoms with van der Waals surface area (Å²) >= 11 is 6.18. The molecule has 1 aliphatic heterocycles. The molecule has 0 spiro atoms. The maximum absolute atomic E-state index is 13.3. The molecule has 6 nitrogen and oxygen atoms in total. The second-order valence-electron chi connectivity index (χ2n) is 5.19. The summed E-state index contributed by atoms with van der Waals surface area (Å²) < 4.78 is 18.6. The van der Waals surface area contributed by atoms with Crippen molar-refractivity contribution in [3.63, 3.8) is 0 Å². The predicted molar refractivity (Wildman–Crippen MR) is 88.8 cm³/mol. The number of benzene rings is 1. The lowest BCUT2D eigenvalue weighted by Gasteiger charge is -2.37. The van der Waals surface area contributed by atoms with Crippen LogP contribution in [-0.2, 0) is 0 Å². The van der Waals surface area contributed by atoms with Gasteiger partial charge in [0, 0.05) is 32.2 Å². The van der Waals surface area contributed by atoms with Gasteiger partial charge in [0.2, 0.25) is 0 Å². The summed E-state index contributed by atoms with van der Waals surface area (Å²) in [4.78, 5) is 12.3. The first-order valence-corrected chi connectivity index (χ1v) is 7.57. The number of nitrogen functional groups attached to an aromatic ring is 1. The van der Waals surface area contributed by atoms with Crippen LogP contribution in [0.2, 0.25) is 5.02 Å². The minimum atomic E-state index is -0.313. The first-order valence-electron chi connectivity index (χ1n) is 7.19. The number of piperazine rings is 1. The lowest BCUT2D eigenvalue weighted by Crippen LogP contribution is -2.47. The van der Waals surface area contributed by atoms with E-state index in [1.807, 2.05) is 0 Å². The summed E-state index contributed by atoms with van der Waals surface area (Å²) in [5.41, 5.74) is 6.60. The smallest absolute Gasteiger partial charge is 0.153 e. The lowest BCUT2D eigenvalue weighted by atomic mass is 10.2. The molecule has 0 amide bonds. The van der Waals surface area contributed by atoms with Gasteiger partial charge in [0.25, 0.3) is 0 Å². The summed E-state index contributed by atoms with van der Waals surface area (Å²) in [5, 5.41) is 0.375. The molecule has 0 saturated carbocycles. The van der Waals surface area contributed by atoms with Crippen LogP contribution in [0.3, 0.4) is 0 Å². The van der Waals surface area contributed by atoms with Gasteiger partial charge in [-0.3, -0.25) is 0 Å². The highest BCUT2D eigenvalue weighted by Gasteiger charge is 2.23. The Labute approximate surface area is 138 Å². The van der Waals surface area contributed by atoms with Crippen LogP contribution in [-0.4, -0.2) is 43.3 Å². The Kier molecular flexibility index (Phi) is 4.38. The van der Waals surface area contributed by atoms with Gasteiger partial charge in [-0.25, -0.2) is 14.4 Å². The summed E-state index contributed by atoms with van der Waals surface area (Å²) in [5.74, 6) is 1.14. The van der Waals surface area contributed by atoms with Crippen molar-refractivity contribution >= 4 is 28.9 Å². The molecular formula is C15H17ClFN5O. The quantitative estimate of drug-likeness (QED) is 0.926. The van der Waals surface area contributed by atoms with Gasteiger partial charge < -0.3 is 20.3 Å². The van der Waals surface area contributed by atoms with Crippen LogP contribution < -0.4 is 20.3 Å². The van der Waals surface area contributed by atoms with Gasteiger partial charge in [0.05, 0.1) is 12.8 Å². The van der Waals surface area contributed by atoms with E-state index < -0.39 is 0 Å². The minimum absolute atomic E-state index is 0.277. The van der Waals surface area contributed by atoms with E-state index in [2.05, 4.69) is 19.8 Å². The molecule has 2 aromatic rings. The summed E-state index contributed by atoms with van der Waals surface area (Å²) in [7, 11) is 1.54. The highest BCUT2D eigenvalue weighted by atomic mass is 35.5. The van der Waals surface area contributed by atoms with Crippen molar-refractivity contribution in [3.05, 3.63) is 35.4 Å². The van der Waals surface area contributed by atoms with E-state index in [1.54, 1.807) is 6.07 Å². The van der Waals surface area contributed by atoms with E-state index in [4.69, 9.17) is 22.1 Å². The van der Waals surface area contributed by atoms with Crippen molar-refractivity contribution in [2.75, 3.05) is 48.8 Å². The molecule has 1 aliphatic rings. The van der Waals surface area contributed by atoms with E-state index in [0.29, 0.717) is 16.6 Å². The van der Waals surface area contributed by atoms with Crippen molar-refractivity contribution < 1.29 is 9.13 Å². The number of methoxy groups -OCH3 is 1. The highest BCUT2D eigenvalue weighted by molar-refractivity contribution is 6.35. The molecule has 0 radical (unpaired) electrons. The Morgan fingerprint density at radius 3 is 2.57 bits per heavy atom. The molecule has 0 bridgehead atoms. The zero-order chi connectivity index (χ0) is 16.4. The van der Waals surface area contributed by atoms with Crippen LogP contribution >= 0.6 is 11.6 Å². The summed E-state index contributed by atoms with van der Waals surface area (Å²) in [6.45, 7) is 2.91. The molecule has 1 fully saturated rings. The number of ether oxygens (including phenoxy) is 1. The fraction of sp³-hybridized carbons (Fsp3) is 0.333. The third-order valence-corrected chi connectivity index (χ3v) is 4.22. The van der Waals surface area contributed by atoms with Crippen molar-refractivity contribution in [1.82, 2.24) is 9.97 Å². The predicted octanol–water partition coefficient (Wildman–Crippen LogP) is 2.19. The highest BCUT2D eigenvalue weighted by Crippen LogP contribution is 2.32. The monoisotopic (exact) mass is 337 g/mol. The second kappa shape index (κ2) is 6.45. The molecule has 3 rings (SSSR count). The molecule has 2 heterocycles. The fourth-order valence-corrected chi connectivity index (χ4v) is 2.88. The number of halogens is 2. The van der Waals surface area contributed by atoms with Crippen molar-refractivity contribution in [2.45, 2.75) is 0 Å². The van der Waals surface area contributed by atoms with Gasteiger partial charge >= 0.3 is 0 Å². The molecule has 1 aromatic heterocycles. The summed E-state index contributed by atoms with van der Waals surface area (Å²) in [6, 6.07) is 4.56. The second-order valence-corrected chi connectivity index (χ2v) is 5.56. The number of hydrogen-bond acceptors (Lipinski definition) is 6. The van der Waals surface area contributed by atoms with Crippen molar-refractivity contribution in [1.29, 1.82) is 0 Å². The number of hydrogen-bond donors (Lipinski definition) is 1. The van der Waals surface area contributed by atoms with E-state index in [1.165, 1.54) is 25.6 Å². The molecule has 2 N–H and O–H groups in total.